The highest BCUT2D eigenvalue weighted by molar-refractivity contribution is 7.11. The Hall–Kier alpha value is -2.52. The number of carbonyl (C=O) groups is 2. The Morgan fingerprint density at radius 3 is 2.33 bits per heavy atom. The number of rotatable bonds is 9. The Kier molecular flexibility index (Phi) is 8.80. The first-order chi connectivity index (χ1) is 15.8. The number of hydrogen-bond donors (Lipinski definition) is 1. The monoisotopic (exact) mass is 528 g/mol. The molecule has 0 aliphatic heterocycles. The molecule has 7 nitrogen and oxygen atoms in total. The van der Waals surface area contributed by atoms with Crippen molar-refractivity contribution >= 4 is 58.2 Å². The minimum atomic E-state index is -1.24. The molecule has 0 unspecified atom stereocenters. The molecule has 1 amide bonds. The minimum absolute atomic E-state index is 0.0182. The first-order valence-corrected chi connectivity index (χ1v) is 11.5. The zero-order valence-electron chi connectivity index (χ0n) is 17.6. The zero-order chi connectivity index (χ0) is 24.0. The second-order valence-corrected chi connectivity index (χ2v) is 8.88. The van der Waals surface area contributed by atoms with Gasteiger partial charge in [0.1, 0.15) is 9.36 Å². The maximum atomic E-state index is 13.0. The van der Waals surface area contributed by atoms with E-state index in [0.29, 0.717) is 35.1 Å². The Balaban J connectivity index is 1.72. The zero-order valence-corrected chi connectivity index (χ0v) is 20.6. The van der Waals surface area contributed by atoms with Crippen LogP contribution in [0.25, 0.3) is 0 Å². The van der Waals surface area contributed by atoms with Gasteiger partial charge in [0.2, 0.25) is 6.10 Å². The van der Waals surface area contributed by atoms with Crippen LogP contribution in [0.2, 0.25) is 14.4 Å². The van der Waals surface area contributed by atoms with Crippen LogP contribution in [0.5, 0.6) is 11.5 Å². The lowest BCUT2D eigenvalue weighted by Gasteiger charge is -2.18. The molecule has 0 spiro atoms. The molecule has 0 saturated carbocycles. The van der Waals surface area contributed by atoms with Gasteiger partial charge in [-0.15, -0.1) is 0 Å². The highest BCUT2D eigenvalue weighted by Gasteiger charge is 2.28. The fraction of sp³-hybridized carbons (Fsp3) is 0.227. The summed E-state index contributed by atoms with van der Waals surface area (Å²) in [6.45, 7) is 0.291. The molecular weight excluding hydrogens is 511 g/mol. The molecular formula is C22H19Cl3N2O5S. The van der Waals surface area contributed by atoms with Crippen LogP contribution >= 0.6 is 46.3 Å². The van der Waals surface area contributed by atoms with Gasteiger partial charge in [-0.25, -0.2) is 4.79 Å². The number of nitrogens with one attached hydrogen (secondary N) is 1. The molecule has 1 N–H and O–H groups in total. The van der Waals surface area contributed by atoms with Gasteiger partial charge in [0.25, 0.3) is 5.91 Å². The first kappa shape index (κ1) is 25.1. The molecule has 3 aromatic rings. The summed E-state index contributed by atoms with van der Waals surface area (Å²) >= 11 is 18.7. The van der Waals surface area contributed by atoms with Crippen molar-refractivity contribution in [1.29, 1.82) is 0 Å². The van der Waals surface area contributed by atoms with Crippen LogP contribution in [0.1, 0.15) is 27.7 Å². The number of ether oxygens (including phenoxy) is 3. The van der Waals surface area contributed by atoms with E-state index in [-0.39, 0.29) is 15.1 Å². The summed E-state index contributed by atoms with van der Waals surface area (Å²) in [4.78, 5) is 25.6. The summed E-state index contributed by atoms with van der Waals surface area (Å²) in [6, 6.07) is 11.9. The van der Waals surface area contributed by atoms with Crippen LogP contribution in [0.3, 0.4) is 0 Å². The quantitative estimate of drug-likeness (QED) is 0.375. The lowest BCUT2D eigenvalue weighted by Crippen LogP contribution is -2.33. The van der Waals surface area contributed by atoms with E-state index in [4.69, 9.17) is 49.0 Å². The average Bonchev–Trinajstić information content (AvgIpc) is 3.16. The van der Waals surface area contributed by atoms with Gasteiger partial charge in [-0.05, 0) is 47.8 Å². The lowest BCUT2D eigenvalue weighted by atomic mass is 10.1. The van der Waals surface area contributed by atoms with Crippen LogP contribution in [0, 0.1) is 0 Å². The van der Waals surface area contributed by atoms with Gasteiger partial charge in [0, 0.05) is 17.1 Å². The number of carbonyl (C=O) groups excluding carboxylic acids is 2. The van der Waals surface area contributed by atoms with Crippen molar-refractivity contribution in [2.24, 2.45) is 0 Å². The molecule has 33 heavy (non-hydrogen) atoms. The second kappa shape index (κ2) is 11.6. The lowest BCUT2D eigenvalue weighted by molar-refractivity contribution is -0.130. The van der Waals surface area contributed by atoms with E-state index in [0.717, 1.165) is 17.1 Å². The minimum Gasteiger partial charge on any atom is -0.493 e. The summed E-state index contributed by atoms with van der Waals surface area (Å²) in [7, 11) is 3.11. The number of aromatic nitrogens is 1. The summed E-state index contributed by atoms with van der Waals surface area (Å²) < 4.78 is 20.0. The molecule has 174 valence electrons. The molecule has 0 aliphatic carbocycles. The van der Waals surface area contributed by atoms with Crippen molar-refractivity contribution < 1.29 is 23.8 Å². The van der Waals surface area contributed by atoms with Gasteiger partial charge in [0.15, 0.2) is 17.2 Å². The topological polar surface area (TPSA) is 86.8 Å². The molecule has 1 heterocycles. The molecule has 0 radical (unpaired) electrons. The van der Waals surface area contributed by atoms with Gasteiger partial charge in [-0.1, -0.05) is 53.0 Å². The number of nitrogens with zero attached hydrogens (tertiary/aromatic N) is 1. The van der Waals surface area contributed by atoms with Crippen LogP contribution in [0.15, 0.2) is 42.5 Å². The molecule has 0 fully saturated rings. The van der Waals surface area contributed by atoms with Crippen molar-refractivity contribution in [2.45, 2.75) is 12.5 Å². The molecule has 3 rings (SSSR count). The van der Waals surface area contributed by atoms with Gasteiger partial charge in [-0.3, -0.25) is 4.79 Å². The maximum absolute atomic E-state index is 13.0. The first-order valence-electron chi connectivity index (χ1n) is 9.59. The van der Waals surface area contributed by atoms with Crippen LogP contribution in [-0.2, 0) is 16.0 Å². The highest BCUT2D eigenvalue weighted by Crippen LogP contribution is 2.31. The van der Waals surface area contributed by atoms with Crippen molar-refractivity contribution in [1.82, 2.24) is 9.69 Å². The van der Waals surface area contributed by atoms with Gasteiger partial charge in [-0.2, -0.15) is 4.37 Å². The van der Waals surface area contributed by atoms with Crippen molar-refractivity contribution in [2.75, 3.05) is 20.8 Å². The standard InChI is InChI=1S/C22H19Cl3N2O5S/c1-30-15-8-3-12(11-16(15)31-2)9-10-26-21(28)19(13-4-6-14(23)7-5-13)32-22(29)18-17(24)20(25)33-27-18/h3-8,11,19H,9-10H2,1-2H3,(H,26,28)/t19-/m0/s1. The van der Waals surface area contributed by atoms with Crippen LogP contribution < -0.4 is 14.8 Å². The van der Waals surface area contributed by atoms with Gasteiger partial charge < -0.3 is 19.5 Å². The van der Waals surface area contributed by atoms with Crippen LogP contribution in [0.4, 0.5) is 0 Å². The van der Waals surface area contributed by atoms with Crippen molar-refractivity contribution in [3.8, 4) is 11.5 Å². The molecule has 1 aromatic heterocycles. The predicted molar refractivity (Wildman–Crippen MR) is 128 cm³/mol. The smallest absolute Gasteiger partial charge is 0.360 e. The Labute approximate surface area is 209 Å². The second-order valence-electron chi connectivity index (χ2n) is 6.69. The Morgan fingerprint density at radius 2 is 1.73 bits per heavy atom. The molecule has 0 bridgehead atoms. The molecule has 11 heteroatoms. The van der Waals surface area contributed by atoms with Gasteiger partial charge >= 0.3 is 5.97 Å². The average molecular weight is 530 g/mol. The predicted octanol–water partition coefficient (Wildman–Crippen LogP) is 5.38. The van der Waals surface area contributed by atoms with Crippen molar-refractivity contribution in [3.63, 3.8) is 0 Å². The third-order valence-electron chi connectivity index (χ3n) is 4.59. The largest absolute Gasteiger partial charge is 0.493 e. The Morgan fingerprint density at radius 1 is 1.03 bits per heavy atom. The highest BCUT2D eigenvalue weighted by atomic mass is 35.5. The summed E-state index contributed by atoms with van der Waals surface area (Å²) in [6.07, 6.45) is -0.724. The van der Waals surface area contributed by atoms with E-state index in [2.05, 4.69) is 9.69 Å². The van der Waals surface area contributed by atoms with E-state index in [1.165, 1.54) is 0 Å². The number of halogens is 3. The molecule has 1 atom stereocenters. The normalized spacial score (nSPS) is 11.5. The fourth-order valence-electron chi connectivity index (χ4n) is 2.92. The summed E-state index contributed by atoms with van der Waals surface area (Å²) in [5, 5.41) is 3.25. The summed E-state index contributed by atoms with van der Waals surface area (Å²) in [5.41, 5.74) is 1.22. The third kappa shape index (κ3) is 6.29. The van der Waals surface area contributed by atoms with Gasteiger partial charge in [0.05, 0.1) is 14.2 Å². The van der Waals surface area contributed by atoms with Crippen LogP contribution in [-0.4, -0.2) is 37.0 Å². The number of hydrogen-bond acceptors (Lipinski definition) is 7. The summed E-state index contributed by atoms with van der Waals surface area (Å²) in [5.74, 6) is -0.171. The number of benzene rings is 2. The number of methoxy groups -OCH3 is 2. The SMILES string of the molecule is COc1ccc(CCNC(=O)[C@@H](OC(=O)c2nsc(Cl)c2Cl)c2ccc(Cl)cc2)cc1OC. The van der Waals surface area contributed by atoms with Crippen molar-refractivity contribution in [3.05, 3.63) is 73.7 Å². The molecule has 0 aliphatic rings. The van der Waals surface area contributed by atoms with E-state index in [1.54, 1.807) is 44.6 Å². The van der Waals surface area contributed by atoms with E-state index in [1.807, 2.05) is 12.1 Å². The molecule has 0 saturated heterocycles. The molecule has 2 aromatic carbocycles. The number of esters is 1. The number of amides is 1. The van der Waals surface area contributed by atoms with E-state index < -0.39 is 18.0 Å². The third-order valence-corrected chi connectivity index (χ3v) is 6.45. The fourth-order valence-corrected chi connectivity index (χ4v) is 4.02. The van der Waals surface area contributed by atoms with E-state index >= 15 is 0 Å². The maximum Gasteiger partial charge on any atom is 0.360 e. The van der Waals surface area contributed by atoms with E-state index in [9.17, 15) is 9.59 Å². The Bertz CT molecular complexity index is 1140.